The highest BCUT2D eigenvalue weighted by Crippen LogP contribution is 2.16. The fourth-order valence-corrected chi connectivity index (χ4v) is 1.20. The molecule has 3 nitrogen and oxygen atoms in total. The Morgan fingerprint density at radius 3 is 2.20 bits per heavy atom. The number of ketones is 1. The number of hydrogen-bond donors (Lipinski definition) is 1. The van der Waals surface area contributed by atoms with Crippen LogP contribution in [-0.2, 0) is 9.59 Å². The van der Waals surface area contributed by atoms with Crippen molar-refractivity contribution in [3.8, 4) is 0 Å². The van der Waals surface area contributed by atoms with Crippen LogP contribution in [0.1, 0.15) is 47.0 Å². The molecular formula is C12H21NO2. The molecular weight excluding hydrogens is 190 g/mol. The van der Waals surface area contributed by atoms with Gasteiger partial charge in [-0.05, 0) is 20.3 Å². The molecule has 0 saturated carbocycles. The van der Waals surface area contributed by atoms with Gasteiger partial charge in [-0.1, -0.05) is 20.4 Å². The second-order valence-electron chi connectivity index (χ2n) is 4.22. The van der Waals surface area contributed by atoms with Crippen molar-refractivity contribution in [2.24, 2.45) is 0 Å². The summed E-state index contributed by atoms with van der Waals surface area (Å²) in [4.78, 5) is 22.8. The third-order valence-corrected chi connectivity index (χ3v) is 2.56. The Kier molecular flexibility index (Phi) is 5.26. The van der Waals surface area contributed by atoms with Crippen LogP contribution in [0.2, 0.25) is 0 Å². The highest BCUT2D eigenvalue weighted by Gasteiger charge is 2.26. The maximum Gasteiger partial charge on any atom is 0.246 e. The molecule has 15 heavy (non-hydrogen) atoms. The molecule has 0 aromatic rings. The maximum absolute atomic E-state index is 11.5. The number of nitrogens with one attached hydrogen (secondary N) is 1. The van der Waals surface area contributed by atoms with Crippen molar-refractivity contribution in [3.63, 3.8) is 0 Å². The van der Waals surface area contributed by atoms with Gasteiger partial charge in [-0.3, -0.25) is 9.59 Å². The van der Waals surface area contributed by atoms with Crippen molar-refractivity contribution in [1.82, 2.24) is 5.32 Å². The summed E-state index contributed by atoms with van der Waals surface area (Å²) in [6.07, 6.45) is 1.63. The van der Waals surface area contributed by atoms with Gasteiger partial charge in [0.1, 0.15) is 5.78 Å². The Balaban J connectivity index is 4.50. The van der Waals surface area contributed by atoms with E-state index in [1.165, 1.54) is 0 Å². The van der Waals surface area contributed by atoms with Crippen molar-refractivity contribution in [1.29, 1.82) is 0 Å². The Morgan fingerprint density at radius 1 is 1.33 bits per heavy atom. The summed E-state index contributed by atoms with van der Waals surface area (Å²) >= 11 is 0. The van der Waals surface area contributed by atoms with E-state index in [0.29, 0.717) is 18.4 Å². The van der Waals surface area contributed by atoms with E-state index in [2.05, 4.69) is 11.9 Å². The van der Waals surface area contributed by atoms with Gasteiger partial charge in [0.2, 0.25) is 5.91 Å². The first kappa shape index (κ1) is 13.9. The molecule has 1 N–H and O–H groups in total. The molecule has 0 radical (unpaired) electrons. The van der Waals surface area contributed by atoms with E-state index in [9.17, 15) is 9.59 Å². The van der Waals surface area contributed by atoms with Crippen LogP contribution in [0.25, 0.3) is 0 Å². The number of carbonyl (C=O) groups excluding carboxylic acids is 2. The zero-order valence-corrected chi connectivity index (χ0v) is 10.1. The van der Waals surface area contributed by atoms with E-state index >= 15 is 0 Å². The van der Waals surface area contributed by atoms with Crippen molar-refractivity contribution in [2.75, 3.05) is 0 Å². The SMILES string of the molecule is C=C(C)C(=O)NC(C)(CC)CC(=O)CC. The second kappa shape index (κ2) is 5.69. The highest BCUT2D eigenvalue weighted by atomic mass is 16.2. The minimum Gasteiger partial charge on any atom is -0.347 e. The lowest BCUT2D eigenvalue weighted by atomic mass is 9.91. The van der Waals surface area contributed by atoms with Gasteiger partial charge in [-0.25, -0.2) is 0 Å². The third-order valence-electron chi connectivity index (χ3n) is 2.56. The van der Waals surface area contributed by atoms with Crippen LogP contribution in [-0.4, -0.2) is 17.2 Å². The van der Waals surface area contributed by atoms with Crippen LogP contribution in [0.5, 0.6) is 0 Å². The first-order valence-corrected chi connectivity index (χ1v) is 5.34. The summed E-state index contributed by atoms with van der Waals surface area (Å²) in [5.74, 6) is -0.00961. The molecule has 0 fully saturated rings. The molecule has 0 spiro atoms. The molecule has 0 aromatic heterocycles. The van der Waals surface area contributed by atoms with Gasteiger partial charge in [0, 0.05) is 24.0 Å². The molecule has 1 unspecified atom stereocenters. The summed E-state index contributed by atoms with van der Waals surface area (Å²) in [7, 11) is 0. The summed E-state index contributed by atoms with van der Waals surface area (Å²) in [6.45, 7) is 10.9. The average Bonchev–Trinajstić information content (AvgIpc) is 2.17. The van der Waals surface area contributed by atoms with Crippen molar-refractivity contribution < 1.29 is 9.59 Å². The Bertz CT molecular complexity index is 271. The summed E-state index contributed by atoms with van der Waals surface area (Å²) in [5, 5.41) is 2.85. The maximum atomic E-state index is 11.5. The minimum absolute atomic E-state index is 0.168. The van der Waals surface area contributed by atoms with Gasteiger partial charge in [-0.2, -0.15) is 0 Å². The zero-order chi connectivity index (χ0) is 12.1. The largest absolute Gasteiger partial charge is 0.347 e. The smallest absolute Gasteiger partial charge is 0.246 e. The normalized spacial score (nSPS) is 14.1. The first-order valence-electron chi connectivity index (χ1n) is 5.34. The fourth-order valence-electron chi connectivity index (χ4n) is 1.20. The van der Waals surface area contributed by atoms with E-state index in [1.54, 1.807) is 6.92 Å². The van der Waals surface area contributed by atoms with Gasteiger partial charge in [0.05, 0.1) is 0 Å². The van der Waals surface area contributed by atoms with Crippen molar-refractivity contribution in [3.05, 3.63) is 12.2 Å². The second-order valence-corrected chi connectivity index (χ2v) is 4.22. The van der Waals surface area contributed by atoms with Crippen LogP contribution >= 0.6 is 0 Å². The molecule has 0 bridgehead atoms. The molecule has 0 saturated heterocycles. The molecule has 0 aliphatic heterocycles. The van der Waals surface area contributed by atoms with Crippen molar-refractivity contribution >= 4 is 11.7 Å². The number of hydrogen-bond acceptors (Lipinski definition) is 2. The predicted molar refractivity (Wildman–Crippen MR) is 61.6 cm³/mol. The van der Waals surface area contributed by atoms with E-state index < -0.39 is 5.54 Å². The third kappa shape index (κ3) is 4.77. The predicted octanol–water partition coefficient (Wildman–Crippen LogP) is 2.22. The lowest BCUT2D eigenvalue weighted by molar-refractivity contribution is -0.122. The number of amides is 1. The van der Waals surface area contributed by atoms with Crippen molar-refractivity contribution in [2.45, 2.75) is 52.5 Å². The van der Waals surface area contributed by atoms with Gasteiger partial charge < -0.3 is 5.32 Å². The molecule has 0 rings (SSSR count). The van der Waals surface area contributed by atoms with Crippen LogP contribution in [0, 0.1) is 0 Å². The molecule has 0 aromatic carbocycles. The number of carbonyl (C=O) groups is 2. The van der Waals surface area contributed by atoms with E-state index in [1.807, 2.05) is 20.8 Å². The first-order chi connectivity index (χ1) is 6.84. The lowest BCUT2D eigenvalue weighted by Crippen LogP contribution is -2.47. The average molecular weight is 211 g/mol. The molecule has 1 amide bonds. The van der Waals surface area contributed by atoms with Gasteiger partial charge >= 0.3 is 0 Å². The molecule has 3 heteroatoms. The van der Waals surface area contributed by atoms with E-state index in [-0.39, 0.29) is 11.7 Å². The Labute approximate surface area is 91.9 Å². The van der Waals surface area contributed by atoms with Gasteiger partial charge in [0.25, 0.3) is 0 Å². The van der Waals surface area contributed by atoms with Crippen LogP contribution in [0.4, 0.5) is 0 Å². The van der Waals surface area contributed by atoms with E-state index in [4.69, 9.17) is 0 Å². The monoisotopic (exact) mass is 211 g/mol. The Hall–Kier alpha value is -1.12. The lowest BCUT2D eigenvalue weighted by Gasteiger charge is -2.29. The van der Waals surface area contributed by atoms with Gasteiger partial charge in [0.15, 0.2) is 0 Å². The Morgan fingerprint density at radius 2 is 1.87 bits per heavy atom. The summed E-state index contributed by atoms with van der Waals surface area (Å²) in [6, 6.07) is 0. The number of Topliss-reactive ketones (excluding diaryl/α,β-unsaturated/α-hetero) is 1. The topological polar surface area (TPSA) is 46.2 Å². The summed E-state index contributed by atoms with van der Waals surface area (Å²) in [5.41, 5.74) is 0.0296. The standard InChI is InChI=1S/C12H21NO2/c1-6-10(14)8-12(5,7-2)13-11(15)9(3)4/h3,6-8H2,1-2,4-5H3,(H,13,15). The highest BCUT2D eigenvalue weighted by molar-refractivity contribution is 5.93. The van der Waals surface area contributed by atoms with E-state index in [0.717, 1.165) is 6.42 Å². The van der Waals surface area contributed by atoms with Crippen LogP contribution in [0.3, 0.4) is 0 Å². The summed E-state index contributed by atoms with van der Waals surface area (Å²) < 4.78 is 0. The van der Waals surface area contributed by atoms with Crippen LogP contribution in [0.15, 0.2) is 12.2 Å². The molecule has 1 atom stereocenters. The molecule has 0 aliphatic rings. The molecule has 86 valence electrons. The quantitative estimate of drug-likeness (QED) is 0.685. The zero-order valence-electron chi connectivity index (χ0n) is 10.1. The molecule has 0 heterocycles. The van der Waals surface area contributed by atoms with Crippen LogP contribution < -0.4 is 5.32 Å². The fraction of sp³-hybridized carbons (Fsp3) is 0.667. The number of rotatable bonds is 6. The minimum atomic E-state index is -0.441. The molecule has 0 aliphatic carbocycles. The van der Waals surface area contributed by atoms with Gasteiger partial charge in [-0.15, -0.1) is 0 Å².